The molecule has 0 bridgehead atoms. The molecule has 0 saturated carbocycles. The number of rotatable bonds is 7. The number of hydrogen-bond donors (Lipinski definition) is 2. The van der Waals surface area contributed by atoms with Crippen molar-refractivity contribution in [3.63, 3.8) is 0 Å². The number of nitrogens with zero attached hydrogens (tertiary/aromatic N) is 2. The van der Waals surface area contributed by atoms with Crippen LogP contribution in [0, 0.1) is 11.8 Å². The lowest BCUT2D eigenvalue weighted by Gasteiger charge is -2.57. The Labute approximate surface area is 240 Å². The third-order valence-corrected chi connectivity index (χ3v) is 7.75. The lowest BCUT2D eigenvalue weighted by atomic mass is 9.74. The SMILES string of the molecule is COc1ccc(NC(=O)N2CCCCN3[C@@H](COCC(=O)O)[C@H](c4ccc(C#Cc5ccccc5)cc4)[C@@H]3C2)cc1. The standard InChI is InChI=1S/C33H35N3O5/c1-40-28-17-15-27(16-18-28)34-33(39)35-19-5-6-20-36-29(21-35)32(30(36)22-41-23-31(37)38)26-13-11-25(12-14-26)10-9-24-7-3-2-4-8-24/h2-4,7-8,11-18,29-30,32H,5-6,19-23H2,1H3,(H,34,39)(H,37,38)/t29-,30-,32+/m0/s1. The summed E-state index contributed by atoms with van der Waals surface area (Å²) < 4.78 is 10.8. The summed E-state index contributed by atoms with van der Waals surface area (Å²) in [6.45, 7) is 2.12. The van der Waals surface area contributed by atoms with Gasteiger partial charge in [0.15, 0.2) is 0 Å². The number of anilines is 1. The highest BCUT2D eigenvalue weighted by Gasteiger charge is 2.50. The summed E-state index contributed by atoms with van der Waals surface area (Å²) in [6, 6.07) is 25.4. The van der Waals surface area contributed by atoms with Crippen LogP contribution in [0.2, 0.25) is 0 Å². The molecular formula is C33H35N3O5. The highest BCUT2D eigenvalue weighted by Crippen LogP contribution is 2.42. The molecule has 2 heterocycles. The van der Waals surface area contributed by atoms with Crippen LogP contribution in [-0.2, 0) is 9.53 Å². The van der Waals surface area contributed by atoms with E-state index < -0.39 is 5.97 Å². The average Bonchev–Trinajstić information content (AvgIpc) is 2.98. The lowest BCUT2D eigenvalue weighted by molar-refractivity contribution is -0.145. The average molecular weight is 554 g/mol. The summed E-state index contributed by atoms with van der Waals surface area (Å²) in [5, 5.41) is 12.1. The van der Waals surface area contributed by atoms with Crippen molar-refractivity contribution in [1.82, 2.24) is 9.80 Å². The number of carboxylic acids is 1. The van der Waals surface area contributed by atoms with Crippen LogP contribution >= 0.6 is 0 Å². The number of carbonyl (C=O) groups excluding carboxylic acids is 1. The molecule has 5 rings (SSSR count). The topological polar surface area (TPSA) is 91.3 Å². The van der Waals surface area contributed by atoms with Crippen molar-refractivity contribution in [1.29, 1.82) is 0 Å². The zero-order valence-electron chi connectivity index (χ0n) is 23.2. The van der Waals surface area contributed by atoms with Crippen molar-refractivity contribution in [2.45, 2.75) is 30.8 Å². The smallest absolute Gasteiger partial charge is 0.329 e. The highest BCUT2D eigenvalue weighted by molar-refractivity contribution is 5.89. The molecule has 0 unspecified atom stereocenters. The van der Waals surface area contributed by atoms with Crippen LogP contribution in [0.25, 0.3) is 0 Å². The molecule has 8 nitrogen and oxygen atoms in total. The van der Waals surface area contributed by atoms with Gasteiger partial charge in [-0.15, -0.1) is 0 Å². The molecule has 0 aliphatic carbocycles. The van der Waals surface area contributed by atoms with Crippen LogP contribution in [0.1, 0.15) is 35.4 Å². The largest absolute Gasteiger partial charge is 0.497 e. The first kappa shape index (κ1) is 28.2. The normalized spacial score (nSPS) is 20.3. The summed E-state index contributed by atoms with van der Waals surface area (Å²) in [6.07, 6.45) is 1.83. The van der Waals surface area contributed by atoms with Crippen LogP contribution in [0.4, 0.5) is 10.5 Å². The quantitative estimate of drug-likeness (QED) is 0.414. The van der Waals surface area contributed by atoms with E-state index in [4.69, 9.17) is 14.6 Å². The Bertz CT molecular complexity index is 1380. The van der Waals surface area contributed by atoms with Gasteiger partial charge in [0.05, 0.1) is 13.7 Å². The molecule has 2 aliphatic rings. The van der Waals surface area contributed by atoms with Gasteiger partial charge in [-0.2, -0.15) is 0 Å². The third-order valence-electron chi connectivity index (χ3n) is 7.75. The number of fused-ring (bicyclic) bond motifs is 1. The van der Waals surface area contributed by atoms with Gasteiger partial charge in [0, 0.05) is 47.9 Å². The van der Waals surface area contributed by atoms with Crippen molar-refractivity contribution < 1.29 is 24.2 Å². The number of aliphatic carboxylic acids is 1. The van der Waals surface area contributed by atoms with Crippen LogP contribution < -0.4 is 10.1 Å². The lowest BCUT2D eigenvalue weighted by Crippen LogP contribution is -2.68. The highest BCUT2D eigenvalue weighted by atomic mass is 16.5. The predicted molar refractivity (Wildman–Crippen MR) is 157 cm³/mol. The Morgan fingerprint density at radius 2 is 1.61 bits per heavy atom. The number of hydrogen-bond acceptors (Lipinski definition) is 5. The third kappa shape index (κ3) is 7.07. The van der Waals surface area contributed by atoms with E-state index in [2.05, 4.69) is 34.2 Å². The van der Waals surface area contributed by atoms with E-state index in [1.807, 2.05) is 71.6 Å². The van der Waals surface area contributed by atoms with E-state index in [9.17, 15) is 9.59 Å². The van der Waals surface area contributed by atoms with Crippen molar-refractivity contribution in [3.05, 3.63) is 95.6 Å². The van der Waals surface area contributed by atoms with Gasteiger partial charge in [0.25, 0.3) is 0 Å². The van der Waals surface area contributed by atoms with Crippen molar-refractivity contribution in [2.24, 2.45) is 0 Å². The Morgan fingerprint density at radius 3 is 2.29 bits per heavy atom. The Morgan fingerprint density at radius 1 is 0.927 bits per heavy atom. The fourth-order valence-corrected chi connectivity index (χ4v) is 5.70. The fraction of sp³-hybridized carbons (Fsp3) is 0.333. The number of methoxy groups -OCH3 is 1. The number of ether oxygens (including phenoxy) is 2. The number of urea groups is 1. The maximum atomic E-state index is 13.3. The summed E-state index contributed by atoms with van der Waals surface area (Å²) in [5.74, 6) is 6.27. The molecule has 2 aliphatic heterocycles. The first-order valence-corrected chi connectivity index (χ1v) is 13.9. The number of nitrogens with one attached hydrogen (secondary N) is 1. The first-order chi connectivity index (χ1) is 20.0. The number of amides is 2. The van der Waals surface area contributed by atoms with Gasteiger partial charge in [0.2, 0.25) is 0 Å². The molecule has 2 saturated heterocycles. The molecule has 3 atom stereocenters. The molecule has 2 N–H and O–H groups in total. The van der Waals surface area contributed by atoms with Gasteiger partial charge in [-0.1, -0.05) is 42.2 Å². The Hall–Kier alpha value is -4.32. The molecule has 0 radical (unpaired) electrons. The van der Waals surface area contributed by atoms with E-state index in [0.29, 0.717) is 25.4 Å². The molecule has 3 aromatic carbocycles. The zero-order valence-corrected chi connectivity index (χ0v) is 23.2. The summed E-state index contributed by atoms with van der Waals surface area (Å²) in [4.78, 5) is 28.7. The Balaban J connectivity index is 1.33. The van der Waals surface area contributed by atoms with Gasteiger partial charge in [0.1, 0.15) is 12.4 Å². The minimum Gasteiger partial charge on any atom is -0.497 e. The second-order valence-corrected chi connectivity index (χ2v) is 10.4. The second kappa shape index (κ2) is 13.4. The summed E-state index contributed by atoms with van der Waals surface area (Å²) >= 11 is 0. The Kier molecular flexibility index (Phi) is 9.19. The summed E-state index contributed by atoms with van der Waals surface area (Å²) in [5.41, 5.74) is 3.73. The van der Waals surface area contributed by atoms with E-state index in [0.717, 1.165) is 41.8 Å². The van der Waals surface area contributed by atoms with Crippen LogP contribution in [0.3, 0.4) is 0 Å². The van der Waals surface area contributed by atoms with Crippen molar-refractivity contribution in [2.75, 3.05) is 45.3 Å². The fourth-order valence-electron chi connectivity index (χ4n) is 5.70. The maximum Gasteiger partial charge on any atom is 0.329 e. The second-order valence-electron chi connectivity index (χ2n) is 10.4. The number of benzene rings is 3. The molecule has 8 heteroatoms. The minimum atomic E-state index is -0.979. The molecule has 0 aromatic heterocycles. The van der Waals surface area contributed by atoms with Gasteiger partial charge in [-0.25, -0.2) is 9.59 Å². The van der Waals surface area contributed by atoms with E-state index in [-0.39, 0.29) is 30.6 Å². The molecule has 2 amide bonds. The predicted octanol–water partition coefficient (Wildman–Crippen LogP) is 4.66. The van der Waals surface area contributed by atoms with Crippen LogP contribution in [0.15, 0.2) is 78.9 Å². The van der Waals surface area contributed by atoms with Gasteiger partial charge in [-0.3, -0.25) is 4.90 Å². The molecule has 3 aromatic rings. The van der Waals surface area contributed by atoms with Crippen molar-refractivity contribution in [3.8, 4) is 17.6 Å². The molecule has 41 heavy (non-hydrogen) atoms. The molecule has 2 fully saturated rings. The van der Waals surface area contributed by atoms with Crippen molar-refractivity contribution >= 4 is 17.7 Å². The number of carbonyl (C=O) groups is 2. The zero-order chi connectivity index (χ0) is 28.6. The summed E-state index contributed by atoms with van der Waals surface area (Å²) in [7, 11) is 1.61. The van der Waals surface area contributed by atoms with E-state index in [1.54, 1.807) is 7.11 Å². The van der Waals surface area contributed by atoms with E-state index >= 15 is 0 Å². The molecular weight excluding hydrogens is 518 g/mol. The van der Waals surface area contributed by atoms with Gasteiger partial charge < -0.3 is 24.8 Å². The van der Waals surface area contributed by atoms with Gasteiger partial charge >= 0.3 is 12.0 Å². The maximum absolute atomic E-state index is 13.3. The van der Waals surface area contributed by atoms with E-state index in [1.165, 1.54) is 0 Å². The van der Waals surface area contributed by atoms with Gasteiger partial charge in [-0.05, 0) is 73.5 Å². The number of carboxylic acid groups (broad SMARTS) is 1. The first-order valence-electron chi connectivity index (χ1n) is 13.9. The minimum absolute atomic E-state index is 0.0326. The van der Waals surface area contributed by atoms with Crippen LogP contribution in [-0.4, -0.2) is 78.9 Å². The molecule has 212 valence electrons. The monoisotopic (exact) mass is 553 g/mol. The van der Waals surface area contributed by atoms with Crippen LogP contribution in [0.5, 0.6) is 5.75 Å². The molecule has 0 spiro atoms.